The number of halogens is 1. The number of hydrogen-bond donors (Lipinski definition) is 2. The highest BCUT2D eigenvalue weighted by atomic mass is 35.5. The van der Waals surface area contributed by atoms with Gasteiger partial charge in [-0.25, -0.2) is 0 Å². The van der Waals surface area contributed by atoms with Crippen LogP contribution in [0.2, 0.25) is 5.02 Å². The van der Waals surface area contributed by atoms with Crippen LogP contribution in [0.4, 0.5) is 0 Å². The summed E-state index contributed by atoms with van der Waals surface area (Å²) in [6.07, 6.45) is 0.996. The predicted molar refractivity (Wildman–Crippen MR) is 61.6 cm³/mol. The minimum Gasteiger partial charge on any atom is -0.506 e. The van der Waals surface area contributed by atoms with Gasteiger partial charge in [0.2, 0.25) is 0 Å². The zero-order valence-electron chi connectivity index (χ0n) is 9.29. The number of aliphatic hydroxyl groups is 1. The maximum atomic E-state index is 9.81. The Kier molecular flexibility index (Phi) is 4.71. The highest BCUT2D eigenvalue weighted by Gasteiger charge is 2.17. The maximum absolute atomic E-state index is 9.81. The van der Waals surface area contributed by atoms with Crippen LogP contribution in [0.15, 0.2) is 6.07 Å². The molecule has 0 bridgehead atoms. The molecule has 0 spiro atoms. The first-order valence-corrected chi connectivity index (χ1v) is 5.26. The van der Waals surface area contributed by atoms with E-state index in [1.54, 1.807) is 0 Å². The minimum atomic E-state index is -0.0206. The quantitative estimate of drug-likeness (QED) is 0.834. The predicted octanol–water partition coefficient (Wildman–Crippen LogP) is 1.99. The second-order valence-electron chi connectivity index (χ2n) is 3.25. The third-order valence-electron chi connectivity index (χ3n) is 2.28. The minimum absolute atomic E-state index is 0.0206. The largest absolute Gasteiger partial charge is 0.506 e. The van der Waals surface area contributed by atoms with Gasteiger partial charge in [-0.2, -0.15) is 0 Å². The Labute approximate surface area is 99.4 Å². The third kappa shape index (κ3) is 2.51. The Morgan fingerprint density at radius 2 is 2.00 bits per heavy atom. The molecule has 0 atom stereocenters. The summed E-state index contributed by atoms with van der Waals surface area (Å²) >= 11 is 5.86. The second-order valence-corrected chi connectivity index (χ2v) is 3.66. The summed E-state index contributed by atoms with van der Waals surface area (Å²) in [5.41, 5.74) is 0.556. The molecule has 0 radical (unpaired) electrons. The van der Waals surface area contributed by atoms with Crippen LogP contribution >= 0.6 is 11.6 Å². The summed E-state index contributed by atoms with van der Waals surface area (Å²) in [5, 5.41) is 18.8. The lowest BCUT2D eigenvalue weighted by atomic mass is 10.1. The van der Waals surface area contributed by atoms with Crippen LogP contribution in [-0.2, 0) is 6.42 Å². The number of rotatable bonds is 5. The van der Waals surface area contributed by atoms with Gasteiger partial charge in [0.1, 0.15) is 5.75 Å². The first-order valence-electron chi connectivity index (χ1n) is 4.88. The van der Waals surface area contributed by atoms with E-state index < -0.39 is 0 Å². The highest BCUT2D eigenvalue weighted by Crippen LogP contribution is 2.42. The molecule has 90 valence electrons. The maximum Gasteiger partial charge on any atom is 0.167 e. The number of ether oxygens (including phenoxy) is 2. The second kappa shape index (κ2) is 5.82. The molecule has 0 saturated heterocycles. The van der Waals surface area contributed by atoms with E-state index in [1.807, 2.05) is 0 Å². The van der Waals surface area contributed by atoms with E-state index in [-0.39, 0.29) is 17.4 Å². The van der Waals surface area contributed by atoms with Gasteiger partial charge in [-0.15, -0.1) is 0 Å². The fraction of sp³-hybridized carbons (Fsp3) is 0.455. The number of methoxy groups -OCH3 is 2. The van der Waals surface area contributed by atoms with Crippen molar-refractivity contribution >= 4 is 11.6 Å². The molecule has 1 rings (SSSR count). The SMILES string of the molecule is COc1cc(Cl)c(O)c(CCCO)c1OC. The van der Waals surface area contributed by atoms with E-state index in [0.29, 0.717) is 29.9 Å². The van der Waals surface area contributed by atoms with Crippen molar-refractivity contribution in [2.75, 3.05) is 20.8 Å². The van der Waals surface area contributed by atoms with Crippen LogP contribution in [0.5, 0.6) is 17.2 Å². The van der Waals surface area contributed by atoms with Crippen molar-refractivity contribution in [2.24, 2.45) is 0 Å². The summed E-state index contributed by atoms with van der Waals surface area (Å²) in [5.74, 6) is 0.906. The first-order chi connectivity index (χ1) is 7.65. The van der Waals surface area contributed by atoms with E-state index >= 15 is 0 Å². The van der Waals surface area contributed by atoms with E-state index in [1.165, 1.54) is 20.3 Å². The number of hydrogen-bond acceptors (Lipinski definition) is 4. The monoisotopic (exact) mass is 246 g/mol. The number of aliphatic hydroxyl groups excluding tert-OH is 1. The molecule has 1 aromatic carbocycles. The number of aromatic hydroxyl groups is 1. The summed E-state index contributed by atoms with van der Waals surface area (Å²) < 4.78 is 10.3. The smallest absolute Gasteiger partial charge is 0.167 e. The molecule has 16 heavy (non-hydrogen) atoms. The third-order valence-corrected chi connectivity index (χ3v) is 2.56. The molecule has 0 amide bonds. The molecule has 0 heterocycles. The Hall–Kier alpha value is -1.13. The molecule has 0 saturated carbocycles. The van der Waals surface area contributed by atoms with Gasteiger partial charge in [0.15, 0.2) is 11.5 Å². The van der Waals surface area contributed by atoms with Crippen molar-refractivity contribution in [1.29, 1.82) is 0 Å². The van der Waals surface area contributed by atoms with Gasteiger partial charge >= 0.3 is 0 Å². The standard InChI is InChI=1S/C11H15ClO4/c1-15-9-6-8(12)10(14)7(4-3-5-13)11(9)16-2/h6,13-14H,3-5H2,1-2H3. The fourth-order valence-electron chi connectivity index (χ4n) is 1.51. The summed E-state index contributed by atoms with van der Waals surface area (Å²) in [6, 6.07) is 1.50. The van der Waals surface area contributed by atoms with Gasteiger partial charge in [0, 0.05) is 18.2 Å². The fourth-order valence-corrected chi connectivity index (χ4v) is 1.73. The molecular weight excluding hydrogens is 232 g/mol. The van der Waals surface area contributed by atoms with Gasteiger partial charge < -0.3 is 19.7 Å². The lowest BCUT2D eigenvalue weighted by Gasteiger charge is -2.15. The first kappa shape index (κ1) is 12.9. The van der Waals surface area contributed by atoms with Crippen LogP contribution in [0.25, 0.3) is 0 Å². The van der Waals surface area contributed by atoms with Crippen LogP contribution in [0.3, 0.4) is 0 Å². The van der Waals surface area contributed by atoms with Crippen LogP contribution in [0, 0.1) is 0 Å². The zero-order valence-corrected chi connectivity index (χ0v) is 10.0. The Balaban J connectivity index is 3.23. The lowest BCUT2D eigenvalue weighted by molar-refractivity contribution is 0.286. The Morgan fingerprint density at radius 1 is 1.31 bits per heavy atom. The average Bonchev–Trinajstić information content (AvgIpc) is 2.30. The molecule has 0 aromatic heterocycles. The van der Waals surface area contributed by atoms with E-state index in [9.17, 15) is 5.11 Å². The molecule has 4 nitrogen and oxygen atoms in total. The van der Waals surface area contributed by atoms with Gasteiger partial charge in [-0.1, -0.05) is 11.6 Å². The van der Waals surface area contributed by atoms with Crippen molar-refractivity contribution in [3.63, 3.8) is 0 Å². The molecule has 1 aromatic rings. The van der Waals surface area contributed by atoms with E-state index in [2.05, 4.69) is 0 Å². The van der Waals surface area contributed by atoms with Gasteiger partial charge in [-0.05, 0) is 12.8 Å². The topological polar surface area (TPSA) is 58.9 Å². The van der Waals surface area contributed by atoms with Crippen LogP contribution < -0.4 is 9.47 Å². The van der Waals surface area contributed by atoms with E-state index in [0.717, 1.165) is 0 Å². The average molecular weight is 247 g/mol. The molecule has 0 unspecified atom stereocenters. The summed E-state index contributed by atoms with van der Waals surface area (Å²) in [7, 11) is 2.99. The van der Waals surface area contributed by atoms with Crippen LogP contribution in [0.1, 0.15) is 12.0 Å². The van der Waals surface area contributed by atoms with Gasteiger partial charge in [0.25, 0.3) is 0 Å². The van der Waals surface area contributed by atoms with E-state index in [4.69, 9.17) is 26.2 Å². The lowest BCUT2D eigenvalue weighted by Crippen LogP contribution is -1.98. The van der Waals surface area contributed by atoms with Crippen LogP contribution in [-0.4, -0.2) is 31.0 Å². The Morgan fingerprint density at radius 3 is 2.50 bits per heavy atom. The normalized spacial score (nSPS) is 10.2. The van der Waals surface area contributed by atoms with Crippen molar-refractivity contribution in [3.05, 3.63) is 16.7 Å². The molecule has 0 fully saturated rings. The number of phenols is 1. The summed E-state index contributed by atoms with van der Waals surface area (Å²) in [4.78, 5) is 0. The van der Waals surface area contributed by atoms with Gasteiger partial charge in [-0.3, -0.25) is 0 Å². The highest BCUT2D eigenvalue weighted by molar-refractivity contribution is 6.32. The van der Waals surface area contributed by atoms with Crippen molar-refractivity contribution in [1.82, 2.24) is 0 Å². The van der Waals surface area contributed by atoms with Gasteiger partial charge in [0.05, 0.1) is 19.2 Å². The molecular formula is C11H15ClO4. The molecule has 5 heteroatoms. The van der Waals surface area contributed by atoms with Crippen molar-refractivity contribution < 1.29 is 19.7 Å². The number of phenolic OH excluding ortho intramolecular Hbond substituents is 1. The molecule has 2 N–H and O–H groups in total. The molecule has 0 aliphatic carbocycles. The zero-order chi connectivity index (χ0) is 12.1. The van der Waals surface area contributed by atoms with Crippen molar-refractivity contribution in [2.45, 2.75) is 12.8 Å². The molecule has 0 aliphatic heterocycles. The molecule has 0 aliphatic rings. The number of benzene rings is 1. The summed E-state index contributed by atoms with van der Waals surface area (Å²) in [6.45, 7) is 0.0391. The Bertz CT molecular complexity index is 365. The van der Waals surface area contributed by atoms with Crippen molar-refractivity contribution in [3.8, 4) is 17.2 Å².